The summed E-state index contributed by atoms with van der Waals surface area (Å²) in [5.41, 5.74) is 1.07. The third-order valence-corrected chi connectivity index (χ3v) is 4.28. The summed E-state index contributed by atoms with van der Waals surface area (Å²) in [6.07, 6.45) is 1.80. The number of hydrogen-bond donors (Lipinski definition) is 0. The van der Waals surface area contributed by atoms with E-state index >= 15 is 0 Å². The molecule has 0 atom stereocenters. The fraction of sp³-hybridized carbons (Fsp3) is 0.680. The van der Waals surface area contributed by atoms with Gasteiger partial charge in [-0.25, -0.2) is 0 Å². The van der Waals surface area contributed by atoms with Gasteiger partial charge < -0.3 is 42.6 Å². The van der Waals surface area contributed by atoms with E-state index < -0.39 is 0 Å². The molecular formula is C25H42O9. The van der Waals surface area contributed by atoms with E-state index in [4.69, 9.17) is 42.6 Å². The van der Waals surface area contributed by atoms with Gasteiger partial charge in [-0.05, 0) is 17.7 Å². The fourth-order valence-corrected chi connectivity index (χ4v) is 2.48. The number of ether oxygens (including phenoxy) is 9. The van der Waals surface area contributed by atoms with E-state index in [-0.39, 0.29) is 0 Å². The predicted molar refractivity (Wildman–Crippen MR) is 130 cm³/mol. The lowest BCUT2D eigenvalue weighted by molar-refractivity contribution is -0.0227. The van der Waals surface area contributed by atoms with Gasteiger partial charge in [-0.2, -0.15) is 0 Å². The SMILES string of the molecule is C=Cc1ccc(OCCOCCOCCOCCOCCOCCOCCOCCOC)cc1. The van der Waals surface area contributed by atoms with Crippen molar-refractivity contribution in [2.24, 2.45) is 0 Å². The highest BCUT2D eigenvalue weighted by Gasteiger charge is 1.96. The number of methoxy groups -OCH3 is 1. The second kappa shape index (κ2) is 24.6. The standard InChI is InChI=1S/C25H42O9/c1-3-24-4-6-25(7-5-24)34-23-22-33-21-20-32-19-18-31-17-16-30-15-14-29-13-12-28-11-10-27-9-8-26-2/h3-7H,1,8-23H2,2H3. The van der Waals surface area contributed by atoms with Crippen molar-refractivity contribution in [3.05, 3.63) is 36.4 Å². The molecule has 0 aliphatic carbocycles. The molecule has 0 unspecified atom stereocenters. The Labute approximate surface area is 204 Å². The number of benzene rings is 1. The zero-order valence-corrected chi connectivity index (χ0v) is 20.6. The van der Waals surface area contributed by atoms with Crippen molar-refractivity contribution in [2.75, 3.05) is 113 Å². The van der Waals surface area contributed by atoms with E-state index in [1.54, 1.807) is 13.2 Å². The molecular weight excluding hydrogens is 444 g/mol. The molecule has 196 valence electrons. The first-order valence-corrected chi connectivity index (χ1v) is 11.7. The van der Waals surface area contributed by atoms with Gasteiger partial charge in [0.1, 0.15) is 12.4 Å². The third kappa shape index (κ3) is 19.9. The van der Waals surface area contributed by atoms with Crippen molar-refractivity contribution in [2.45, 2.75) is 0 Å². The number of rotatable bonds is 26. The van der Waals surface area contributed by atoms with Crippen LogP contribution in [0.3, 0.4) is 0 Å². The first-order chi connectivity index (χ1) is 16.9. The molecule has 0 heterocycles. The summed E-state index contributed by atoms with van der Waals surface area (Å²) in [6.45, 7) is 12.3. The van der Waals surface area contributed by atoms with Crippen molar-refractivity contribution >= 4 is 6.08 Å². The number of hydrogen-bond acceptors (Lipinski definition) is 9. The summed E-state index contributed by atoms with van der Waals surface area (Å²) in [5, 5.41) is 0. The summed E-state index contributed by atoms with van der Waals surface area (Å²) in [5.74, 6) is 0.820. The Kier molecular flexibility index (Phi) is 22.0. The molecule has 1 aromatic carbocycles. The molecule has 0 spiro atoms. The van der Waals surface area contributed by atoms with Gasteiger partial charge in [-0.15, -0.1) is 0 Å². The van der Waals surface area contributed by atoms with E-state index in [0.29, 0.717) is 106 Å². The molecule has 0 saturated heterocycles. The molecule has 1 aromatic rings. The maximum atomic E-state index is 5.60. The summed E-state index contributed by atoms with van der Waals surface area (Å²) < 4.78 is 48.4. The van der Waals surface area contributed by atoms with Crippen LogP contribution in [-0.2, 0) is 37.9 Å². The lowest BCUT2D eigenvalue weighted by atomic mass is 10.2. The molecule has 0 aromatic heterocycles. The monoisotopic (exact) mass is 486 g/mol. The van der Waals surface area contributed by atoms with Crippen LogP contribution in [0, 0.1) is 0 Å². The molecule has 0 saturated carbocycles. The topological polar surface area (TPSA) is 83.1 Å². The lowest BCUT2D eigenvalue weighted by Gasteiger charge is -2.09. The minimum atomic E-state index is 0.500. The molecule has 0 amide bonds. The molecule has 0 aliphatic rings. The van der Waals surface area contributed by atoms with Gasteiger partial charge in [-0.3, -0.25) is 0 Å². The Morgan fingerprint density at radius 3 is 1.15 bits per heavy atom. The Hall–Kier alpha value is -1.56. The van der Waals surface area contributed by atoms with Gasteiger partial charge in [0.25, 0.3) is 0 Å². The summed E-state index contributed by atoms with van der Waals surface area (Å²) in [4.78, 5) is 0. The van der Waals surface area contributed by atoms with Crippen LogP contribution in [0.4, 0.5) is 0 Å². The van der Waals surface area contributed by atoms with Crippen molar-refractivity contribution in [1.82, 2.24) is 0 Å². The Morgan fingerprint density at radius 2 is 0.824 bits per heavy atom. The summed E-state index contributed by atoms with van der Waals surface area (Å²) in [6, 6.07) is 7.76. The molecule has 0 N–H and O–H groups in total. The van der Waals surface area contributed by atoms with E-state index in [0.717, 1.165) is 11.3 Å². The van der Waals surface area contributed by atoms with Crippen LogP contribution in [0.15, 0.2) is 30.8 Å². The van der Waals surface area contributed by atoms with Crippen LogP contribution in [0.1, 0.15) is 5.56 Å². The zero-order valence-electron chi connectivity index (χ0n) is 20.6. The van der Waals surface area contributed by atoms with E-state index in [1.807, 2.05) is 24.3 Å². The zero-order chi connectivity index (χ0) is 24.4. The van der Waals surface area contributed by atoms with Gasteiger partial charge in [0.05, 0.1) is 99.1 Å². The van der Waals surface area contributed by atoms with Crippen molar-refractivity contribution in [1.29, 1.82) is 0 Å². The first-order valence-electron chi connectivity index (χ1n) is 11.7. The highest BCUT2D eigenvalue weighted by Crippen LogP contribution is 2.12. The molecule has 0 radical (unpaired) electrons. The normalized spacial score (nSPS) is 11.1. The fourth-order valence-electron chi connectivity index (χ4n) is 2.48. The smallest absolute Gasteiger partial charge is 0.119 e. The predicted octanol–water partition coefficient (Wildman–Crippen LogP) is 2.47. The van der Waals surface area contributed by atoms with Gasteiger partial charge in [0, 0.05) is 7.11 Å². The Balaban J connectivity index is 1.68. The molecule has 0 aliphatic heterocycles. The van der Waals surface area contributed by atoms with Crippen LogP contribution in [-0.4, -0.2) is 113 Å². The molecule has 1 rings (SSSR count). The average Bonchev–Trinajstić information content (AvgIpc) is 2.87. The van der Waals surface area contributed by atoms with Crippen LogP contribution in [0.25, 0.3) is 6.08 Å². The van der Waals surface area contributed by atoms with E-state index in [1.165, 1.54) is 0 Å². The van der Waals surface area contributed by atoms with Crippen molar-refractivity contribution in [3.63, 3.8) is 0 Å². The molecule has 9 nitrogen and oxygen atoms in total. The quantitative estimate of drug-likeness (QED) is 0.183. The molecule has 34 heavy (non-hydrogen) atoms. The van der Waals surface area contributed by atoms with Crippen LogP contribution >= 0.6 is 0 Å². The van der Waals surface area contributed by atoms with Gasteiger partial charge in [0.2, 0.25) is 0 Å². The Bertz CT molecular complexity index is 554. The largest absolute Gasteiger partial charge is 0.491 e. The van der Waals surface area contributed by atoms with Crippen LogP contribution in [0.5, 0.6) is 5.75 Å². The Morgan fingerprint density at radius 1 is 0.500 bits per heavy atom. The van der Waals surface area contributed by atoms with Crippen molar-refractivity contribution < 1.29 is 42.6 Å². The highest BCUT2D eigenvalue weighted by atomic mass is 16.6. The van der Waals surface area contributed by atoms with Gasteiger partial charge in [-0.1, -0.05) is 24.8 Å². The third-order valence-electron chi connectivity index (χ3n) is 4.28. The first kappa shape index (κ1) is 30.5. The lowest BCUT2D eigenvalue weighted by Crippen LogP contribution is -2.15. The second-order valence-corrected chi connectivity index (χ2v) is 6.90. The molecule has 0 fully saturated rings. The molecule has 9 heteroatoms. The highest BCUT2D eigenvalue weighted by molar-refractivity contribution is 5.48. The molecule has 0 bridgehead atoms. The van der Waals surface area contributed by atoms with E-state index in [9.17, 15) is 0 Å². The van der Waals surface area contributed by atoms with Crippen LogP contribution in [0.2, 0.25) is 0 Å². The van der Waals surface area contributed by atoms with Crippen LogP contribution < -0.4 is 4.74 Å². The van der Waals surface area contributed by atoms with Crippen molar-refractivity contribution in [3.8, 4) is 5.75 Å². The maximum Gasteiger partial charge on any atom is 0.119 e. The van der Waals surface area contributed by atoms with Gasteiger partial charge >= 0.3 is 0 Å². The second-order valence-electron chi connectivity index (χ2n) is 6.90. The summed E-state index contributed by atoms with van der Waals surface area (Å²) >= 11 is 0. The minimum Gasteiger partial charge on any atom is -0.491 e. The van der Waals surface area contributed by atoms with E-state index in [2.05, 4.69) is 6.58 Å². The minimum absolute atomic E-state index is 0.500. The van der Waals surface area contributed by atoms with Gasteiger partial charge in [0.15, 0.2) is 0 Å². The average molecular weight is 487 g/mol. The summed E-state index contributed by atoms with van der Waals surface area (Å²) in [7, 11) is 1.65. The maximum absolute atomic E-state index is 5.60.